The summed E-state index contributed by atoms with van der Waals surface area (Å²) in [5.41, 5.74) is 8.41. The maximum Gasteiger partial charge on any atom is 0.343 e. The van der Waals surface area contributed by atoms with Crippen LogP contribution in [0.5, 0.6) is 5.75 Å². The molecule has 2 heterocycles. The predicted molar refractivity (Wildman–Crippen MR) is 96.6 cm³/mol. The second-order valence-corrected chi connectivity index (χ2v) is 5.67. The molecule has 3 rings (SSSR count). The molecule has 1 aliphatic rings. The number of nitrogens with two attached hydrogens (primary N) is 1. The van der Waals surface area contributed by atoms with Crippen molar-refractivity contribution in [1.82, 2.24) is 9.78 Å². The summed E-state index contributed by atoms with van der Waals surface area (Å²) in [7, 11) is 1.61. The summed E-state index contributed by atoms with van der Waals surface area (Å²) in [5.74, 6) is 0.403. The lowest BCUT2D eigenvalue weighted by Crippen LogP contribution is -2.21. The fourth-order valence-electron chi connectivity index (χ4n) is 2.82. The zero-order valence-electron chi connectivity index (χ0n) is 14.6. The van der Waals surface area contributed by atoms with E-state index in [9.17, 15) is 10.1 Å². The van der Waals surface area contributed by atoms with Gasteiger partial charge in [0.25, 0.3) is 0 Å². The Labute approximate surface area is 151 Å². The quantitative estimate of drug-likeness (QED) is 0.818. The van der Waals surface area contributed by atoms with Crippen LogP contribution in [-0.2, 0) is 4.74 Å². The Morgan fingerprint density at radius 1 is 1.35 bits per heavy atom. The molecule has 0 aliphatic carbocycles. The first kappa shape index (κ1) is 17.4. The van der Waals surface area contributed by atoms with E-state index >= 15 is 0 Å². The standard InChI is InChI=1S/C18H19N5O3/c1-3-26-18(24)15-9-21-23(17(15)20)16-11-22(10-12(16)8-19)13-4-6-14(25-2)7-5-13/h4-7,9H,3,10-11,20H2,1-2H3. The summed E-state index contributed by atoms with van der Waals surface area (Å²) < 4.78 is 11.6. The summed E-state index contributed by atoms with van der Waals surface area (Å²) in [5, 5.41) is 13.7. The Hall–Kier alpha value is -3.47. The molecule has 0 atom stereocenters. The Morgan fingerprint density at radius 2 is 2.08 bits per heavy atom. The first-order chi connectivity index (χ1) is 12.6. The van der Waals surface area contributed by atoms with Crippen molar-refractivity contribution in [3.8, 4) is 11.8 Å². The highest BCUT2D eigenvalue weighted by atomic mass is 16.5. The number of nitrogens with zero attached hydrogens (tertiary/aromatic N) is 4. The van der Waals surface area contributed by atoms with Crippen molar-refractivity contribution in [2.45, 2.75) is 6.92 Å². The molecule has 1 aliphatic heterocycles. The van der Waals surface area contributed by atoms with Gasteiger partial charge in [0.15, 0.2) is 0 Å². The molecule has 0 radical (unpaired) electrons. The minimum atomic E-state index is -0.527. The summed E-state index contributed by atoms with van der Waals surface area (Å²) in [6, 6.07) is 9.78. The van der Waals surface area contributed by atoms with Crippen LogP contribution in [-0.4, -0.2) is 42.6 Å². The highest BCUT2D eigenvalue weighted by Crippen LogP contribution is 2.30. The molecule has 0 fully saturated rings. The van der Waals surface area contributed by atoms with Gasteiger partial charge in [-0.15, -0.1) is 0 Å². The fourth-order valence-corrected chi connectivity index (χ4v) is 2.82. The van der Waals surface area contributed by atoms with E-state index in [-0.39, 0.29) is 18.0 Å². The minimum Gasteiger partial charge on any atom is -0.497 e. The molecular weight excluding hydrogens is 334 g/mol. The Morgan fingerprint density at radius 3 is 2.69 bits per heavy atom. The molecule has 8 heteroatoms. The molecule has 2 N–H and O–H groups in total. The molecule has 0 unspecified atom stereocenters. The normalized spacial score (nSPS) is 13.7. The van der Waals surface area contributed by atoms with E-state index in [1.54, 1.807) is 14.0 Å². The largest absolute Gasteiger partial charge is 0.497 e. The summed E-state index contributed by atoms with van der Waals surface area (Å²) in [4.78, 5) is 14.0. The zero-order valence-corrected chi connectivity index (χ0v) is 14.6. The number of benzene rings is 1. The molecule has 1 aromatic carbocycles. The van der Waals surface area contributed by atoms with Gasteiger partial charge in [-0.05, 0) is 31.2 Å². The van der Waals surface area contributed by atoms with Crippen molar-refractivity contribution in [3.05, 3.63) is 41.6 Å². The summed E-state index contributed by atoms with van der Waals surface area (Å²) in [6.07, 6.45) is 1.37. The van der Waals surface area contributed by atoms with Crippen LogP contribution >= 0.6 is 0 Å². The first-order valence-corrected chi connectivity index (χ1v) is 8.11. The van der Waals surface area contributed by atoms with Gasteiger partial charge in [0.05, 0.1) is 50.3 Å². The van der Waals surface area contributed by atoms with Crippen LogP contribution in [0, 0.1) is 11.3 Å². The third-order valence-corrected chi connectivity index (χ3v) is 4.17. The number of anilines is 2. The molecule has 0 amide bonds. The van der Waals surface area contributed by atoms with Gasteiger partial charge in [-0.1, -0.05) is 0 Å². The van der Waals surface area contributed by atoms with Crippen LogP contribution < -0.4 is 15.4 Å². The number of ether oxygens (including phenoxy) is 2. The van der Waals surface area contributed by atoms with Crippen LogP contribution in [0.15, 0.2) is 36.0 Å². The van der Waals surface area contributed by atoms with Crippen molar-refractivity contribution >= 4 is 23.2 Å². The number of carbonyl (C=O) groups is 1. The average molecular weight is 353 g/mol. The van der Waals surface area contributed by atoms with E-state index in [4.69, 9.17) is 15.2 Å². The third-order valence-electron chi connectivity index (χ3n) is 4.17. The molecule has 2 aromatic rings. The second-order valence-electron chi connectivity index (χ2n) is 5.67. The molecule has 0 saturated carbocycles. The van der Waals surface area contributed by atoms with Gasteiger partial charge in [0.1, 0.15) is 17.1 Å². The predicted octanol–water partition coefficient (Wildman–Crippen LogP) is 1.91. The number of nitriles is 1. The van der Waals surface area contributed by atoms with Crippen molar-refractivity contribution in [3.63, 3.8) is 0 Å². The fraction of sp³-hybridized carbons (Fsp3) is 0.278. The number of carbonyl (C=O) groups excluding carboxylic acids is 1. The summed E-state index contributed by atoms with van der Waals surface area (Å²) in [6.45, 7) is 2.86. The minimum absolute atomic E-state index is 0.169. The van der Waals surface area contributed by atoms with Gasteiger partial charge >= 0.3 is 5.97 Å². The summed E-state index contributed by atoms with van der Waals surface area (Å²) >= 11 is 0. The van der Waals surface area contributed by atoms with E-state index in [0.717, 1.165) is 11.4 Å². The van der Waals surface area contributed by atoms with Crippen LogP contribution in [0.4, 0.5) is 11.5 Å². The molecule has 0 bridgehead atoms. The van der Waals surface area contributed by atoms with Gasteiger partial charge in [0, 0.05) is 5.69 Å². The maximum absolute atomic E-state index is 11.9. The highest BCUT2D eigenvalue weighted by Gasteiger charge is 2.27. The Bertz CT molecular complexity index is 893. The number of methoxy groups -OCH3 is 1. The smallest absolute Gasteiger partial charge is 0.343 e. The Balaban J connectivity index is 1.87. The number of hydrogen-bond acceptors (Lipinski definition) is 7. The van der Waals surface area contributed by atoms with Crippen LogP contribution in [0.25, 0.3) is 5.70 Å². The maximum atomic E-state index is 11.9. The first-order valence-electron chi connectivity index (χ1n) is 8.11. The van der Waals surface area contributed by atoms with Crippen LogP contribution in [0.1, 0.15) is 17.3 Å². The molecule has 0 spiro atoms. The van der Waals surface area contributed by atoms with Gasteiger partial charge in [-0.3, -0.25) is 0 Å². The molecule has 26 heavy (non-hydrogen) atoms. The number of rotatable bonds is 5. The number of nitrogen functional groups attached to an aromatic ring is 1. The molecule has 134 valence electrons. The topological polar surface area (TPSA) is 106 Å². The number of aromatic nitrogens is 2. The van der Waals surface area contributed by atoms with E-state index < -0.39 is 5.97 Å². The van der Waals surface area contributed by atoms with Crippen molar-refractivity contribution in [1.29, 1.82) is 5.26 Å². The number of esters is 1. The SMILES string of the molecule is CCOC(=O)c1cnn(C2=C(C#N)CN(c3ccc(OC)cc3)C2)c1N. The van der Waals surface area contributed by atoms with Crippen LogP contribution in [0.3, 0.4) is 0 Å². The van der Waals surface area contributed by atoms with Gasteiger partial charge in [-0.25, -0.2) is 9.48 Å². The zero-order chi connectivity index (χ0) is 18.7. The van der Waals surface area contributed by atoms with Gasteiger partial charge in [0.2, 0.25) is 0 Å². The lowest BCUT2D eigenvalue weighted by molar-refractivity contribution is 0.0527. The van der Waals surface area contributed by atoms with E-state index in [2.05, 4.69) is 11.2 Å². The van der Waals surface area contributed by atoms with Crippen molar-refractivity contribution in [2.24, 2.45) is 0 Å². The second kappa shape index (κ2) is 7.19. The Kier molecular flexibility index (Phi) is 4.80. The molecule has 8 nitrogen and oxygen atoms in total. The van der Waals surface area contributed by atoms with E-state index in [1.165, 1.54) is 10.9 Å². The van der Waals surface area contributed by atoms with Crippen molar-refractivity contribution in [2.75, 3.05) is 37.4 Å². The highest BCUT2D eigenvalue weighted by molar-refractivity contribution is 5.94. The lowest BCUT2D eigenvalue weighted by Gasteiger charge is -2.19. The van der Waals surface area contributed by atoms with E-state index in [1.807, 2.05) is 29.2 Å². The monoisotopic (exact) mass is 353 g/mol. The van der Waals surface area contributed by atoms with Crippen LogP contribution in [0.2, 0.25) is 0 Å². The van der Waals surface area contributed by atoms with E-state index in [0.29, 0.717) is 24.4 Å². The molecular formula is C18H19N5O3. The third kappa shape index (κ3) is 3.07. The van der Waals surface area contributed by atoms with Gasteiger partial charge < -0.3 is 20.1 Å². The van der Waals surface area contributed by atoms with Gasteiger partial charge in [-0.2, -0.15) is 10.4 Å². The average Bonchev–Trinajstić information content (AvgIpc) is 3.25. The molecule has 0 saturated heterocycles. The molecule has 1 aromatic heterocycles. The number of hydrogen-bond donors (Lipinski definition) is 1. The van der Waals surface area contributed by atoms with Crippen molar-refractivity contribution < 1.29 is 14.3 Å². The lowest BCUT2D eigenvalue weighted by atomic mass is 10.2.